The molecule has 94 valence electrons. The Hall–Kier alpha value is -1.20. The average Bonchev–Trinajstić information content (AvgIpc) is 2.33. The highest BCUT2D eigenvalue weighted by Crippen LogP contribution is 2.29. The molecule has 0 saturated carbocycles. The number of hydrogen-bond acceptors (Lipinski definition) is 3. The second-order valence-electron chi connectivity index (χ2n) is 3.48. The molecule has 0 unspecified atom stereocenters. The molecular weight excluding hydrogens is 323 g/mol. The van der Waals surface area contributed by atoms with Gasteiger partial charge in [0.25, 0.3) is 0 Å². The van der Waals surface area contributed by atoms with Gasteiger partial charge in [0.2, 0.25) is 5.88 Å². The summed E-state index contributed by atoms with van der Waals surface area (Å²) in [7, 11) is 0. The predicted octanol–water partition coefficient (Wildman–Crippen LogP) is 4.39. The summed E-state index contributed by atoms with van der Waals surface area (Å²) >= 11 is 9.11. The van der Waals surface area contributed by atoms with Crippen molar-refractivity contribution >= 4 is 27.5 Å². The van der Waals surface area contributed by atoms with Gasteiger partial charge in [-0.15, -0.1) is 0 Å². The second-order valence-corrected chi connectivity index (χ2v) is 4.75. The number of hydrogen-bond donors (Lipinski definition) is 0. The Bertz CT molecular complexity index is 580. The summed E-state index contributed by atoms with van der Waals surface area (Å²) in [6.45, 7) is 1.90. The summed E-state index contributed by atoms with van der Waals surface area (Å²) in [5.74, 6) is -0.0949. The quantitative estimate of drug-likeness (QED) is 0.783. The molecule has 18 heavy (non-hydrogen) atoms. The summed E-state index contributed by atoms with van der Waals surface area (Å²) in [5, 5.41) is 0.319. The van der Waals surface area contributed by atoms with Gasteiger partial charge in [0, 0.05) is 4.47 Å². The van der Waals surface area contributed by atoms with E-state index in [0.29, 0.717) is 21.6 Å². The van der Waals surface area contributed by atoms with Gasteiger partial charge in [0.1, 0.15) is 11.5 Å². The third-order valence-corrected chi connectivity index (χ3v) is 3.13. The van der Waals surface area contributed by atoms with Crippen LogP contribution in [0.15, 0.2) is 29.0 Å². The fraction of sp³-hybridized carbons (Fsp3) is 0.167. The molecule has 0 N–H and O–H groups in total. The molecule has 6 heteroatoms. The lowest BCUT2D eigenvalue weighted by molar-refractivity contribution is 0.421. The molecule has 1 aromatic heterocycles. The van der Waals surface area contributed by atoms with Crippen molar-refractivity contribution in [2.45, 2.75) is 13.3 Å². The molecule has 1 aromatic carbocycles. The van der Waals surface area contributed by atoms with E-state index in [1.165, 1.54) is 18.5 Å². The van der Waals surface area contributed by atoms with Crippen LogP contribution in [0.5, 0.6) is 11.6 Å². The molecular formula is C12H9BrClFN2O. The molecule has 0 saturated heterocycles. The number of aromatic nitrogens is 2. The molecule has 0 aliphatic carbocycles. The van der Waals surface area contributed by atoms with Gasteiger partial charge in [0.15, 0.2) is 11.6 Å². The monoisotopic (exact) mass is 330 g/mol. The maximum Gasteiger partial charge on any atom is 0.227 e. The van der Waals surface area contributed by atoms with Crippen LogP contribution in [0.25, 0.3) is 0 Å². The maximum absolute atomic E-state index is 13.6. The molecule has 0 spiro atoms. The Balaban J connectivity index is 2.37. The molecule has 2 aromatic rings. The van der Waals surface area contributed by atoms with Crippen molar-refractivity contribution in [2.75, 3.05) is 0 Å². The minimum atomic E-state index is -0.471. The first kappa shape index (κ1) is 13.2. The minimum absolute atomic E-state index is 0.0997. The lowest BCUT2D eigenvalue weighted by Crippen LogP contribution is -1.98. The van der Waals surface area contributed by atoms with Crippen molar-refractivity contribution in [3.63, 3.8) is 0 Å². The number of halogens is 3. The van der Waals surface area contributed by atoms with Gasteiger partial charge in [-0.05, 0) is 24.6 Å². The van der Waals surface area contributed by atoms with Crippen LogP contribution in [-0.4, -0.2) is 9.97 Å². The lowest BCUT2D eigenvalue weighted by atomic mass is 10.2. The topological polar surface area (TPSA) is 35.0 Å². The predicted molar refractivity (Wildman–Crippen MR) is 70.6 cm³/mol. The van der Waals surface area contributed by atoms with E-state index in [4.69, 9.17) is 16.3 Å². The number of nitrogens with zero attached hydrogens (tertiary/aromatic N) is 2. The Kier molecular flexibility index (Phi) is 4.14. The number of benzene rings is 1. The Morgan fingerprint density at radius 3 is 2.83 bits per heavy atom. The van der Waals surface area contributed by atoms with Crippen molar-refractivity contribution in [1.29, 1.82) is 0 Å². The van der Waals surface area contributed by atoms with Crippen molar-refractivity contribution in [2.24, 2.45) is 0 Å². The first-order valence-corrected chi connectivity index (χ1v) is 6.41. The van der Waals surface area contributed by atoms with E-state index in [0.717, 1.165) is 0 Å². The number of ether oxygens (including phenoxy) is 1. The Morgan fingerprint density at radius 1 is 1.39 bits per heavy atom. The molecule has 2 rings (SSSR count). The highest BCUT2D eigenvalue weighted by atomic mass is 79.9. The van der Waals surface area contributed by atoms with Gasteiger partial charge in [-0.3, -0.25) is 0 Å². The van der Waals surface area contributed by atoms with Crippen LogP contribution < -0.4 is 4.74 Å². The first-order valence-electron chi connectivity index (χ1n) is 5.24. The van der Waals surface area contributed by atoms with Crippen molar-refractivity contribution < 1.29 is 9.13 Å². The largest absolute Gasteiger partial charge is 0.435 e. The SMILES string of the molecule is CCc1c(Cl)ncnc1Oc1ccc(Br)cc1F. The van der Waals surface area contributed by atoms with Crippen LogP contribution in [0.4, 0.5) is 4.39 Å². The highest BCUT2D eigenvalue weighted by Gasteiger charge is 2.12. The molecule has 1 heterocycles. The van der Waals surface area contributed by atoms with Crippen LogP contribution in [0.2, 0.25) is 5.15 Å². The standard InChI is InChI=1S/C12H9BrClFN2O/c1-2-8-11(14)16-6-17-12(8)18-10-4-3-7(13)5-9(10)15/h3-6H,2H2,1H3. The molecule has 0 amide bonds. The van der Waals surface area contributed by atoms with Gasteiger partial charge >= 0.3 is 0 Å². The van der Waals surface area contributed by atoms with Crippen molar-refractivity contribution in [3.05, 3.63) is 45.5 Å². The van der Waals surface area contributed by atoms with E-state index in [9.17, 15) is 4.39 Å². The lowest BCUT2D eigenvalue weighted by Gasteiger charge is -2.10. The molecule has 0 bridgehead atoms. The minimum Gasteiger partial charge on any atom is -0.435 e. The zero-order valence-corrected chi connectivity index (χ0v) is 11.8. The van der Waals surface area contributed by atoms with E-state index in [2.05, 4.69) is 25.9 Å². The maximum atomic E-state index is 13.6. The fourth-order valence-electron chi connectivity index (χ4n) is 1.42. The van der Waals surface area contributed by atoms with Crippen LogP contribution in [-0.2, 0) is 6.42 Å². The smallest absolute Gasteiger partial charge is 0.227 e. The molecule has 0 fully saturated rings. The molecule has 0 aliphatic heterocycles. The van der Waals surface area contributed by atoms with Crippen molar-refractivity contribution in [3.8, 4) is 11.6 Å². The van der Waals surface area contributed by atoms with E-state index < -0.39 is 5.82 Å². The summed E-state index contributed by atoms with van der Waals surface area (Å²) in [6.07, 6.45) is 1.89. The van der Waals surface area contributed by atoms with Gasteiger partial charge in [0.05, 0.1) is 5.56 Å². The van der Waals surface area contributed by atoms with Gasteiger partial charge in [-0.1, -0.05) is 34.5 Å². The van der Waals surface area contributed by atoms with Crippen LogP contribution in [0.3, 0.4) is 0 Å². The van der Waals surface area contributed by atoms with Crippen LogP contribution in [0, 0.1) is 5.82 Å². The third-order valence-electron chi connectivity index (χ3n) is 2.31. The summed E-state index contributed by atoms with van der Waals surface area (Å²) in [5.41, 5.74) is 0.654. The Labute approximate surface area is 117 Å². The first-order chi connectivity index (χ1) is 8.61. The molecule has 0 aliphatic rings. The van der Waals surface area contributed by atoms with E-state index in [-0.39, 0.29) is 11.6 Å². The van der Waals surface area contributed by atoms with Crippen LogP contribution in [0.1, 0.15) is 12.5 Å². The fourth-order valence-corrected chi connectivity index (χ4v) is 2.01. The van der Waals surface area contributed by atoms with E-state index in [1.807, 2.05) is 6.92 Å². The average molecular weight is 332 g/mol. The molecule has 3 nitrogen and oxygen atoms in total. The molecule has 0 atom stereocenters. The van der Waals surface area contributed by atoms with E-state index in [1.54, 1.807) is 6.07 Å². The van der Waals surface area contributed by atoms with E-state index >= 15 is 0 Å². The zero-order valence-electron chi connectivity index (χ0n) is 9.45. The Morgan fingerprint density at radius 2 is 2.17 bits per heavy atom. The summed E-state index contributed by atoms with van der Waals surface area (Å²) < 4.78 is 19.7. The number of rotatable bonds is 3. The van der Waals surface area contributed by atoms with Gasteiger partial charge in [-0.25, -0.2) is 14.4 Å². The highest BCUT2D eigenvalue weighted by molar-refractivity contribution is 9.10. The third kappa shape index (κ3) is 2.79. The van der Waals surface area contributed by atoms with Gasteiger partial charge < -0.3 is 4.74 Å². The van der Waals surface area contributed by atoms with Gasteiger partial charge in [-0.2, -0.15) is 0 Å². The second kappa shape index (κ2) is 5.63. The zero-order chi connectivity index (χ0) is 13.1. The summed E-state index contributed by atoms with van der Waals surface area (Å²) in [4.78, 5) is 7.83. The van der Waals surface area contributed by atoms with Crippen LogP contribution >= 0.6 is 27.5 Å². The van der Waals surface area contributed by atoms with Crippen molar-refractivity contribution in [1.82, 2.24) is 9.97 Å². The summed E-state index contributed by atoms with van der Waals surface area (Å²) in [6, 6.07) is 4.53. The molecule has 0 radical (unpaired) electrons. The normalized spacial score (nSPS) is 10.4.